The molecule has 2 rings (SSSR count). The van der Waals surface area contributed by atoms with Crippen molar-refractivity contribution in [2.75, 3.05) is 57.7 Å². The van der Waals surface area contributed by atoms with Gasteiger partial charge in [0, 0.05) is 38.8 Å². The lowest BCUT2D eigenvalue weighted by atomic mass is 10.2. The van der Waals surface area contributed by atoms with Gasteiger partial charge in [-0.2, -0.15) is 0 Å². The van der Waals surface area contributed by atoms with Gasteiger partial charge >= 0.3 is 11.8 Å². The van der Waals surface area contributed by atoms with Crippen LogP contribution in [0, 0.1) is 5.82 Å². The number of likely N-dealkylation sites (N-methyl/N-ethyl adjacent to an activating group) is 1. The predicted octanol–water partition coefficient (Wildman–Crippen LogP) is 1.31. The van der Waals surface area contributed by atoms with Crippen molar-refractivity contribution >= 4 is 17.5 Å². The second kappa shape index (κ2) is 10.8. The molecule has 1 aromatic rings. The van der Waals surface area contributed by atoms with Crippen LogP contribution in [0.2, 0.25) is 0 Å². The third-order valence-corrected chi connectivity index (χ3v) is 4.55. The van der Waals surface area contributed by atoms with Crippen molar-refractivity contribution < 1.29 is 18.7 Å². The number of amides is 2. The van der Waals surface area contributed by atoms with E-state index in [-0.39, 0.29) is 11.4 Å². The highest BCUT2D eigenvalue weighted by atomic mass is 19.1. The Morgan fingerprint density at radius 2 is 1.81 bits per heavy atom. The van der Waals surface area contributed by atoms with Crippen molar-refractivity contribution in [2.24, 2.45) is 0 Å². The number of carbonyl (C=O) groups is 2. The molecule has 27 heavy (non-hydrogen) atoms. The van der Waals surface area contributed by atoms with Crippen LogP contribution in [0.1, 0.15) is 20.3 Å². The van der Waals surface area contributed by atoms with Crippen molar-refractivity contribution in [3.8, 4) is 5.75 Å². The summed E-state index contributed by atoms with van der Waals surface area (Å²) in [5.74, 6) is -1.78. The molecule has 0 radical (unpaired) electrons. The first-order valence-corrected chi connectivity index (χ1v) is 9.49. The number of halogens is 1. The van der Waals surface area contributed by atoms with E-state index in [2.05, 4.69) is 27.4 Å². The summed E-state index contributed by atoms with van der Waals surface area (Å²) in [6.07, 6.45) is 0.784. The summed E-state index contributed by atoms with van der Waals surface area (Å²) in [6.45, 7) is 10.9. The Kier molecular flexibility index (Phi) is 8.47. The zero-order chi connectivity index (χ0) is 19.6. The third kappa shape index (κ3) is 6.80. The zero-order valence-corrected chi connectivity index (χ0v) is 16.1. The van der Waals surface area contributed by atoms with Gasteiger partial charge < -0.3 is 25.2 Å². The molecule has 1 heterocycles. The fourth-order valence-corrected chi connectivity index (χ4v) is 2.97. The molecule has 150 valence electrons. The number of ether oxygens (including phenoxy) is 1. The topological polar surface area (TPSA) is 73.9 Å². The van der Waals surface area contributed by atoms with Crippen molar-refractivity contribution in [3.63, 3.8) is 0 Å². The molecule has 0 unspecified atom stereocenters. The Morgan fingerprint density at radius 3 is 2.48 bits per heavy atom. The molecule has 1 aliphatic rings. The standard InChI is InChI=1S/C19H29FN4O3/c1-3-23-10-12-24(13-11-23)9-5-8-21-18(25)19(26)22-16-7-6-15(20)14-17(16)27-4-2/h6-7,14H,3-5,8-13H2,1-2H3,(H,21,25)(H,22,26). The molecule has 1 aromatic carbocycles. The molecule has 8 heteroatoms. The summed E-state index contributed by atoms with van der Waals surface area (Å²) >= 11 is 0. The SMILES string of the molecule is CCOc1cc(F)ccc1NC(=O)C(=O)NCCCN1CCN(CC)CC1. The first-order valence-electron chi connectivity index (χ1n) is 9.49. The monoisotopic (exact) mass is 380 g/mol. The van der Waals surface area contributed by atoms with E-state index in [0.717, 1.165) is 45.7 Å². The highest BCUT2D eigenvalue weighted by Crippen LogP contribution is 2.25. The molecular formula is C19H29FN4O3. The summed E-state index contributed by atoms with van der Waals surface area (Å²) in [5, 5.41) is 5.09. The number of anilines is 1. The van der Waals surface area contributed by atoms with Crippen LogP contribution in [0.5, 0.6) is 5.75 Å². The minimum atomic E-state index is -0.792. The molecule has 0 atom stereocenters. The van der Waals surface area contributed by atoms with Crippen molar-refractivity contribution in [2.45, 2.75) is 20.3 Å². The Hall–Kier alpha value is -2.19. The molecule has 1 saturated heterocycles. The minimum Gasteiger partial charge on any atom is -0.492 e. The lowest BCUT2D eigenvalue weighted by molar-refractivity contribution is -0.136. The second-order valence-electron chi connectivity index (χ2n) is 6.41. The van der Waals surface area contributed by atoms with Gasteiger partial charge in [0.2, 0.25) is 0 Å². The van der Waals surface area contributed by atoms with Gasteiger partial charge in [-0.3, -0.25) is 9.59 Å². The quantitative estimate of drug-likeness (QED) is 0.525. The van der Waals surface area contributed by atoms with Gasteiger partial charge in [-0.1, -0.05) is 6.92 Å². The van der Waals surface area contributed by atoms with Crippen LogP contribution in [0.15, 0.2) is 18.2 Å². The number of hydrogen-bond donors (Lipinski definition) is 2. The maximum atomic E-state index is 13.3. The Labute approximate surface area is 159 Å². The van der Waals surface area contributed by atoms with Crippen LogP contribution < -0.4 is 15.4 Å². The van der Waals surface area contributed by atoms with Gasteiger partial charge in [0.25, 0.3) is 0 Å². The van der Waals surface area contributed by atoms with Crippen LogP contribution in [0.3, 0.4) is 0 Å². The number of piperazine rings is 1. The summed E-state index contributed by atoms with van der Waals surface area (Å²) in [6, 6.07) is 3.76. The van der Waals surface area contributed by atoms with E-state index in [1.54, 1.807) is 6.92 Å². The molecule has 0 aliphatic carbocycles. The Morgan fingerprint density at radius 1 is 1.11 bits per heavy atom. The Bertz CT molecular complexity index is 633. The van der Waals surface area contributed by atoms with Crippen LogP contribution in [0.25, 0.3) is 0 Å². The van der Waals surface area contributed by atoms with E-state index < -0.39 is 17.6 Å². The summed E-state index contributed by atoms with van der Waals surface area (Å²) < 4.78 is 18.6. The molecule has 0 bridgehead atoms. The molecule has 0 spiro atoms. The van der Waals surface area contributed by atoms with Crippen LogP contribution in [0.4, 0.5) is 10.1 Å². The first-order chi connectivity index (χ1) is 13.0. The van der Waals surface area contributed by atoms with E-state index in [4.69, 9.17) is 4.74 Å². The van der Waals surface area contributed by atoms with E-state index in [1.165, 1.54) is 18.2 Å². The highest BCUT2D eigenvalue weighted by Gasteiger charge is 2.17. The largest absolute Gasteiger partial charge is 0.492 e. The molecular weight excluding hydrogens is 351 g/mol. The number of benzene rings is 1. The number of nitrogens with zero attached hydrogens (tertiary/aromatic N) is 2. The van der Waals surface area contributed by atoms with Crippen molar-refractivity contribution in [1.82, 2.24) is 15.1 Å². The smallest absolute Gasteiger partial charge is 0.313 e. The maximum Gasteiger partial charge on any atom is 0.313 e. The molecule has 1 fully saturated rings. The molecule has 2 amide bonds. The average Bonchev–Trinajstić information content (AvgIpc) is 2.67. The van der Waals surface area contributed by atoms with Crippen LogP contribution in [-0.2, 0) is 9.59 Å². The minimum absolute atomic E-state index is 0.199. The number of nitrogens with one attached hydrogen (secondary N) is 2. The highest BCUT2D eigenvalue weighted by molar-refractivity contribution is 6.39. The van der Waals surface area contributed by atoms with Gasteiger partial charge in [-0.15, -0.1) is 0 Å². The van der Waals surface area contributed by atoms with Crippen molar-refractivity contribution in [1.29, 1.82) is 0 Å². The normalized spacial score (nSPS) is 15.4. The number of rotatable bonds is 8. The lowest BCUT2D eigenvalue weighted by Gasteiger charge is -2.33. The fourth-order valence-electron chi connectivity index (χ4n) is 2.97. The van der Waals surface area contributed by atoms with Gasteiger partial charge in [0.15, 0.2) is 0 Å². The average molecular weight is 380 g/mol. The molecule has 0 aromatic heterocycles. The van der Waals surface area contributed by atoms with Gasteiger partial charge in [-0.25, -0.2) is 4.39 Å². The first kappa shape index (κ1) is 21.1. The lowest BCUT2D eigenvalue weighted by Crippen LogP contribution is -2.46. The van der Waals surface area contributed by atoms with E-state index in [0.29, 0.717) is 13.2 Å². The summed E-state index contributed by atoms with van der Waals surface area (Å²) in [7, 11) is 0. The third-order valence-electron chi connectivity index (χ3n) is 4.55. The second-order valence-corrected chi connectivity index (χ2v) is 6.41. The van der Waals surface area contributed by atoms with Crippen molar-refractivity contribution in [3.05, 3.63) is 24.0 Å². The Balaban J connectivity index is 1.71. The maximum absolute atomic E-state index is 13.3. The zero-order valence-electron chi connectivity index (χ0n) is 16.1. The molecule has 7 nitrogen and oxygen atoms in total. The van der Waals surface area contributed by atoms with E-state index in [1.807, 2.05) is 0 Å². The fraction of sp³-hybridized carbons (Fsp3) is 0.579. The molecule has 2 N–H and O–H groups in total. The van der Waals surface area contributed by atoms with E-state index >= 15 is 0 Å². The summed E-state index contributed by atoms with van der Waals surface area (Å²) in [4.78, 5) is 28.8. The van der Waals surface area contributed by atoms with Crippen LogP contribution >= 0.6 is 0 Å². The van der Waals surface area contributed by atoms with Gasteiger partial charge in [0.05, 0.1) is 12.3 Å². The van der Waals surface area contributed by atoms with E-state index in [9.17, 15) is 14.0 Å². The molecule has 0 saturated carbocycles. The number of carbonyl (C=O) groups excluding carboxylic acids is 2. The van der Waals surface area contributed by atoms with Crippen LogP contribution in [-0.4, -0.2) is 74.0 Å². The summed E-state index contributed by atoms with van der Waals surface area (Å²) in [5.41, 5.74) is 0.271. The van der Waals surface area contributed by atoms with Gasteiger partial charge in [-0.05, 0) is 38.6 Å². The molecule has 1 aliphatic heterocycles. The predicted molar refractivity (Wildman–Crippen MR) is 102 cm³/mol. The number of hydrogen-bond acceptors (Lipinski definition) is 5. The van der Waals surface area contributed by atoms with Gasteiger partial charge in [0.1, 0.15) is 11.6 Å².